The van der Waals surface area contributed by atoms with E-state index in [-0.39, 0.29) is 29.6 Å². The van der Waals surface area contributed by atoms with Crippen LogP contribution in [0.5, 0.6) is 0 Å². The normalized spacial score (nSPS) is 27.7. The van der Waals surface area contributed by atoms with E-state index < -0.39 is 9.84 Å². The molecule has 2 rings (SSSR count). The molecule has 1 unspecified atom stereocenters. The van der Waals surface area contributed by atoms with Crippen LogP contribution in [0.25, 0.3) is 0 Å². The third kappa shape index (κ3) is 4.09. The predicted molar refractivity (Wildman–Crippen MR) is 74.8 cm³/mol. The zero-order chi connectivity index (χ0) is 13.9. The van der Waals surface area contributed by atoms with Gasteiger partial charge in [-0.2, -0.15) is 0 Å². The quantitative estimate of drug-likeness (QED) is 0.784. The van der Waals surface area contributed by atoms with Crippen LogP contribution in [0.4, 0.5) is 4.79 Å². The fourth-order valence-electron chi connectivity index (χ4n) is 2.95. The summed E-state index contributed by atoms with van der Waals surface area (Å²) < 4.78 is 22.9. The fourth-order valence-corrected chi connectivity index (χ4v) is 4.72. The molecule has 0 bridgehead atoms. The lowest BCUT2D eigenvalue weighted by atomic mass is 10.1. The van der Waals surface area contributed by atoms with Crippen LogP contribution >= 0.6 is 0 Å². The maximum atomic E-state index is 12.1. The third-order valence-corrected chi connectivity index (χ3v) is 6.01. The van der Waals surface area contributed by atoms with Crippen molar-refractivity contribution in [3.63, 3.8) is 0 Å². The number of amides is 2. The zero-order valence-electron chi connectivity index (χ0n) is 11.6. The Hall–Kier alpha value is -0.780. The molecule has 0 radical (unpaired) electrons. The van der Waals surface area contributed by atoms with Crippen LogP contribution in [0.2, 0.25) is 0 Å². The van der Waals surface area contributed by atoms with Crippen LogP contribution in [-0.2, 0) is 9.84 Å². The molecular weight excluding hydrogens is 264 g/mol. The summed E-state index contributed by atoms with van der Waals surface area (Å²) in [5, 5.41) is 3.06. The van der Waals surface area contributed by atoms with Crippen LogP contribution in [0, 0.1) is 0 Å². The summed E-state index contributed by atoms with van der Waals surface area (Å²) >= 11 is 0. The summed E-state index contributed by atoms with van der Waals surface area (Å²) in [6.45, 7) is 0. The molecule has 2 aliphatic rings. The molecule has 1 saturated heterocycles. The molecule has 6 heteroatoms. The van der Waals surface area contributed by atoms with Crippen molar-refractivity contribution in [2.45, 2.75) is 57.0 Å². The number of sulfone groups is 1. The van der Waals surface area contributed by atoms with Crippen molar-refractivity contribution in [2.75, 3.05) is 18.6 Å². The van der Waals surface area contributed by atoms with Crippen LogP contribution in [-0.4, -0.2) is 50.0 Å². The van der Waals surface area contributed by atoms with Crippen molar-refractivity contribution < 1.29 is 13.2 Å². The largest absolute Gasteiger partial charge is 0.335 e. The number of urea groups is 1. The van der Waals surface area contributed by atoms with E-state index >= 15 is 0 Å². The molecule has 1 atom stereocenters. The van der Waals surface area contributed by atoms with Gasteiger partial charge in [-0.05, 0) is 19.3 Å². The lowest BCUT2D eigenvalue weighted by Gasteiger charge is -2.26. The Labute approximate surface area is 115 Å². The van der Waals surface area contributed by atoms with E-state index in [0.29, 0.717) is 6.42 Å². The van der Waals surface area contributed by atoms with E-state index in [1.165, 1.54) is 25.7 Å². The molecule has 1 heterocycles. The first-order chi connectivity index (χ1) is 8.98. The van der Waals surface area contributed by atoms with Crippen molar-refractivity contribution >= 4 is 15.9 Å². The SMILES string of the molecule is CN(C(=O)NC1CCCCCC1)C1CCS(=O)(=O)C1. The Morgan fingerprint density at radius 1 is 1.11 bits per heavy atom. The van der Waals surface area contributed by atoms with Gasteiger partial charge in [-0.1, -0.05) is 25.7 Å². The van der Waals surface area contributed by atoms with Gasteiger partial charge in [0.2, 0.25) is 0 Å². The van der Waals surface area contributed by atoms with Gasteiger partial charge in [0.25, 0.3) is 0 Å². The standard InChI is InChI=1S/C13H24N2O3S/c1-15(12-8-9-19(17,18)10-12)13(16)14-11-6-4-2-3-5-7-11/h11-12H,2-10H2,1H3,(H,14,16). The lowest BCUT2D eigenvalue weighted by Crippen LogP contribution is -2.47. The summed E-state index contributed by atoms with van der Waals surface area (Å²) in [4.78, 5) is 13.7. The Morgan fingerprint density at radius 3 is 2.26 bits per heavy atom. The van der Waals surface area contributed by atoms with Gasteiger partial charge in [0.15, 0.2) is 9.84 Å². The van der Waals surface area contributed by atoms with Crippen molar-refractivity contribution in [3.8, 4) is 0 Å². The summed E-state index contributed by atoms with van der Waals surface area (Å²) in [6.07, 6.45) is 7.51. The van der Waals surface area contributed by atoms with Crippen molar-refractivity contribution in [2.24, 2.45) is 0 Å². The number of rotatable bonds is 2. The van der Waals surface area contributed by atoms with Gasteiger partial charge in [0.05, 0.1) is 11.5 Å². The average Bonchev–Trinajstić information content (AvgIpc) is 2.57. The van der Waals surface area contributed by atoms with E-state index in [4.69, 9.17) is 0 Å². The van der Waals surface area contributed by atoms with Gasteiger partial charge in [-0.3, -0.25) is 0 Å². The van der Waals surface area contributed by atoms with Crippen molar-refractivity contribution in [1.82, 2.24) is 10.2 Å². The van der Waals surface area contributed by atoms with Crippen LogP contribution < -0.4 is 5.32 Å². The molecule has 2 fully saturated rings. The second kappa shape index (κ2) is 6.11. The zero-order valence-corrected chi connectivity index (χ0v) is 12.4. The van der Waals surface area contributed by atoms with E-state index in [1.54, 1.807) is 11.9 Å². The Bertz CT molecular complexity index is 414. The molecule has 5 nitrogen and oxygen atoms in total. The average molecular weight is 288 g/mol. The second-order valence-corrected chi connectivity index (χ2v) is 8.03. The molecular formula is C13H24N2O3S. The van der Waals surface area contributed by atoms with Gasteiger partial charge in [-0.25, -0.2) is 13.2 Å². The summed E-state index contributed by atoms with van der Waals surface area (Å²) in [7, 11) is -1.23. The van der Waals surface area contributed by atoms with E-state index in [9.17, 15) is 13.2 Å². The fraction of sp³-hybridized carbons (Fsp3) is 0.923. The molecule has 110 valence electrons. The maximum absolute atomic E-state index is 12.1. The van der Waals surface area contributed by atoms with Gasteiger partial charge in [-0.15, -0.1) is 0 Å². The molecule has 1 saturated carbocycles. The monoisotopic (exact) mass is 288 g/mol. The molecule has 0 aromatic carbocycles. The summed E-state index contributed by atoms with van der Waals surface area (Å²) in [5.74, 6) is 0.320. The van der Waals surface area contributed by atoms with Crippen molar-refractivity contribution in [3.05, 3.63) is 0 Å². The highest BCUT2D eigenvalue weighted by Gasteiger charge is 2.33. The maximum Gasteiger partial charge on any atom is 0.317 e. The number of hydrogen-bond donors (Lipinski definition) is 1. The highest BCUT2D eigenvalue weighted by atomic mass is 32.2. The molecule has 1 N–H and O–H groups in total. The lowest BCUT2D eigenvalue weighted by molar-refractivity contribution is 0.189. The number of carbonyl (C=O) groups is 1. The predicted octanol–water partition coefficient (Wildman–Crippen LogP) is 1.54. The molecule has 0 aromatic heterocycles. The Morgan fingerprint density at radius 2 is 1.74 bits per heavy atom. The number of nitrogens with one attached hydrogen (secondary N) is 1. The minimum Gasteiger partial charge on any atom is -0.335 e. The smallest absolute Gasteiger partial charge is 0.317 e. The summed E-state index contributed by atoms with van der Waals surface area (Å²) in [6, 6.07) is -0.0137. The van der Waals surface area contributed by atoms with Crippen LogP contribution in [0.1, 0.15) is 44.9 Å². The third-order valence-electron chi connectivity index (χ3n) is 4.26. The molecule has 0 spiro atoms. The first-order valence-corrected chi connectivity index (χ1v) is 9.04. The highest BCUT2D eigenvalue weighted by Crippen LogP contribution is 2.19. The number of hydrogen-bond acceptors (Lipinski definition) is 3. The van der Waals surface area contributed by atoms with Crippen LogP contribution in [0.15, 0.2) is 0 Å². The summed E-state index contributed by atoms with van der Waals surface area (Å²) in [5.41, 5.74) is 0. The van der Waals surface area contributed by atoms with Gasteiger partial charge >= 0.3 is 6.03 Å². The number of carbonyl (C=O) groups excluding carboxylic acids is 1. The van der Waals surface area contributed by atoms with Gasteiger partial charge in [0, 0.05) is 19.1 Å². The van der Waals surface area contributed by atoms with Gasteiger partial charge < -0.3 is 10.2 Å². The Kier molecular flexibility index (Phi) is 4.71. The minimum absolute atomic E-state index is 0.113. The first kappa shape index (κ1) is 14.6. The van der Waals surface area contributed by atoms with Crippen LogP contribution in [0.3, 0.4) is 0 Å². The van der Waals surface area contributed by atoms with E-state index in [0.717, 1.165) is 12.8 Å². The Balaban J connectivity index is 1.85. The number of nitrogens with zero attached hydrogens (tertiary/aromatic N) is 1. The van der Waals surface area contributed by atoms with E-state index in [2.05, 4.69) is 5.32 Å². The second-order valence-electron chi connectivity index (χ2n) is 5.81. The molecule has 2 amide bonds. The van der Waals surface area contributed by atoms with E-state index in [1.807, 2.05) is 0 Å². The molecule has 19 heavy (non-hydrogen) atoms. The van der Waals surface area contributed by atoms with Crippen molar-refractivity contribution in [1.29, 1.82) is 0 Å². The minimum atomic E-state index is -2.93. The molecule has 0 aromatic rings. The molecule has 1 aliphatic heterocycles. The first-order valence-electron chi connectivity index (χ1n) is 7.22. The highest BCUT2D eigenvalue weighted by molar-refractivity contribution is 7.91. The molecule has 1 aliphatic carbocycles. The topological polar surface area (TPSA) is 66.5 Å². The van der Waals surface area contributed by atoms with Gasteiger partial charge in [0.1, 0.15) is 0 Å².